The Kier molecular flexibility index (Phi) is 2.02. The highest BCUT2D eigenvalue weighted by Crippen LogP contribution is 2.26. The summed E-state index contributed by atoms with van der Waals surface area (Å²) in [5.41, 5.74) is 2.72. The van der Waals surface area contributed by atoms with Gasteiger partial charge in [-0.25, -0.2) is 0 Å². The van der Waals surface area contributed by atoms with Crippen molar-refractivity contribution in [2.45, 2.75) is 19.4 Å². The number of aliphatic hydroxyl groups excluding tert-OH is 1. The van der Waals surface area contributed by atoms with Gasteiger partial charge in [0.15, 0.2) is 0 Å². The van der Waals surface area contributed by atoms with E-state index in [1.165, 1.54) is 0 Å². The standard InChI is InChI=1S/C10H11NO2/c12-6-8-3-1-2-7-4-5-9(13)11-10(7)8/h1-3,12H,4-6H2,(H,11,13). The van der Waals surface area contributed by atoms with Crippen LogP contribution >= 0.6 is 0 Å². The van der Waals surface area contributed by atoms with Crippen molar-refractivity contribution in [1.29, 1.82) is 0 Å². The van der Waals surface area contributed by atoms with Gasteiger partial charge in [0.05, 0.1) is 6.61 Å². The number of amides is 1. The first-order valence-electron chi connectivity index (χ1n) is 4.33. The van der Waals surface area contributed by atoms with E-state index in [2.05, 4.69) is 5.32 Å². The van der Waals surface area contributed by atoms with Crippen molar-refractivity contribution in [1.82, 2.24) is 0 Å². The quantitative estimate of drug-likeness (QED) is 0.674. The molecule has 1 heterocycles. The number of para-hydroxylation sites is 1. The highest BCUT2D eigenvalue weighted by atomic mass is 16.3. The van der Waals surface area contributed by atoms with Crippen LogP contribution in [0.15, 0.2) is 18.2 Å². The molecule has 0 fully saturated rings. The second-order valence-corrected chi connectivity index (χ2v) is 3.16. The van der Waals surface area contributed by atoms with Gasteiger partial charge in [-0.05, 0) is 12.0 Å². The molecule has 0 aromatic heterocycles. The molecule has 2 rings (SSSR count). The molecule has 68 valence electrons. The number of fused-ring (bicyclic) bond motifs is 1. The van der Waals surface area contributed by atoms with Crippen molar-refractivity contribution >= 4 is 11.6 Å². The van der Waals surface area contributed by atoms with E-state index in [4.69, 9.17) is 5.11 Å². The maximum atomic E-state index is 11.1. The van der Waals surface area contributed by atoms with E-state index < -0.39 is 0 Å². The van der Waals surface area contributed by atoms with Crippen LogP contribution in [0.2, 0.25) is 0 Å². The van der Waals surface area contributed by atoms with Crippen LogP contribution in [0.1, 0.15) is 17.5 Å². The number of aryl methyl sites for hydroxylation is 1. The van der Waals surface area contributed by atoms with Gasteiger partial charge in [0, 0.05) is 17.7 Å². The minimum atomic E-state index is -0.0244. The zero-order chi connectivity index (χ0) is 9.26. The second-order valence-electron chi connectivity index (χ2n) is 3.16. The predicted molar refractivity (Wildman–Crippen MR) is 49.3 cm³/mol. The van der Waals surface area contributed by atoms with Gasteiger partial charge >= 0.3 is 0 Å². The van der Waals surface area contributed by atoms with Crippen molar-refractivity contribution in [3.63, 3.8) is 0 Å². The Bertz CT molecular complexity index is 333. The molecule has 0 aliphatic carbocycles. The molecule has 1 aliphatic rings. The molecule has 1 aliphatic heterocycles. The van der Waals surface area contributed by atoms with Crippen LogP contribution in [0.5, 0.6) is 0 Å². The van der Waals surface area contributed by atoms with Crippen LogP contribution in [0.4, 0.5) is 5.69 Å². The van der Waals surface area contributed by atoms with E-state index in [9.17, 15) is 4.79 Å². The summed E-state index contributed by atoms with van der Waals surface area (Å²) >= 11 is 0. The molecule has 0 atom stereocenters. The number of hydrogen-bond acceptors (Lipinski definition) is 2. The molecule has 13 heavy (non-hydrogen) atoms. The smallest absolute Gasteiger partial charge is 0.224 e. The van der Waals surface area contributed by atoms with Gasteiger partial charge < -0.3 is 10.4 Å². The number of hydrogen-bond donors (Lipinski definition) is 2. The second kappa shape index (κ2) is 3.18. The molecule has 0 spiro atoms. The summed E-state index contributed by atoms with van der Waals surface area (Å²) in [7, 11) is 0. The number of anilines is 1. The van der Waals surface area contributed by atoms with Gasteiger partial charge in [-0.1, -0.05) is 18.2 Å². The molecule has 1 amide bonds. The summed E-state index contributed by atoms with van der Waals surface area (Å²) in [4.78, 5) is 11.1. The summed E-state index contributed by atoms with van der Waals surface area (Å²) in [5, 5.41) is 11.8. The molecule has 0 unspecified atom stereocenters. The summed E-state index contributed by atoms with van der Waals surface area (Å²) < 4.78 is 0. The van der Waals surface area contributed by atoms with E-state index in [1.807, 2.05) is 18.2 Å². The van der Waals surface area contributed by atoms with Crippen molar-refractivity contribution in [3.8, 4) is 0 Å². The third-order valence-corrected chi connectivity index (χ3v) is 2.29. The van der Waals surface area contributed by atoms with Crippen molar-refractivity contribution < 1.29 is 9.90 Å². The maximum Gasteiger partial charge on any atom is 0.224 e. The average molecular weight is 177 g/mol. The molecule has 0 saturated heterocycles. The fraction of sp³-hybridized carbons (Fsp3) is 0.300. The third kappa shape index (κ3) is 1.42. The number of nitrogens with one attached hydrogen (secondary N) is 1. The first-order valence-corrected chi connectivity index (χ1v) is 4.33. The Morgan fingerprint density at radius 2 is 2.23 bits per heavy atom. The average Bonchev–Trinajstić information content (AvgIpc) is 2.17. The minimum absolute atomic E-state index is 0.0244. The monoisotopic (exact) mass is 177 g/mol. The molecular weight excluding hydrogens is 166 g/mol. The van der Waals surface area contributed by atoms with Gasteiger partial charge in [0.2, 0.25) is 5.91 Å². The molecule has 0 bridgehead atoms. The molecule has 0 radical (unpaired) electrons. The molecule has 0 saturated carbocycles. The first-order chi connectivity index (χ1) is 6.31. The van der Waals surface area contributed by atoms with Gasteiger partial charge in [-0.3, -0.25) is 4.79 Å². The van der Waals surface area contributed by atoms with Crippen molar-refractivity contribution in [2.75, 3.05) is 5.32 Å². The first kappa shape index (κ1) is 8.26. The minimum Gasteiger partial charge on any atom is -0.392 e. The number of aliphatic hydroxyl groups is 1. The lowest BCUT2D eigenvalue weighted by Gasteiger charge is -2.18. The highest BCUT2D eigenvalue weighted by molar-refractivity contribution is 5.94. The van der Waals surface area contributed by atoms with Crippen LogP contribution in [0.25, 0.3) is 0 Å². The van der Waals surface area contributed by atoms with E-state index in [-0.39, 0.29) is 12.5 Å². The third-order valence-electron chi connectivity index (χ3n) is 2.29. The molecule has 1 aromatic carbocycles. The fourth-order valence-electron chi connectivity index (χ4n) is 1.60. The van der Waals surface area contributed by atoms with E-state index in [0.29, 0.717) is 6.42 Å². The Morgan fingerprint density at radius 1 is 1.38 bits per heavy atom. The van der Waals surface area contributed by atoms with Crippen molar-refractivity contribution in [2.24, 2.45) is 0 Å². The van der Waals surface area contributed by atoms with Gasteiger partial charge in [-0.2, -0.15) is 0 Å². The van der Waals surface area contributed by atoms with Crippen LogP contribution < -0.4 is 5.32 Å². The number of benzene rings is 1. The number of carbonyl (C=O) groups excluding carboxylic acids is 1. The lowest BCUT2D eigenvalue weighted by molar-refractivity contribution is -0.116. The van der Waals surface area contributed by atoms with Crippen LogP contribution in [-0.2, 0) is 17.8 Å². The summed E-state index contributed by atoms with van der Waals surface area (Å²) in [6, 6.07) is 5.71. The fourth-order valence-corrected chi connectivity index (χ4v) is 1.60. The van der Waals surface area contributed by atoms with Gasteiger partial charge in [0.25, 0.3) is 0 Å². The topological polar surface area (TPSA) is 49.3 Å². The van der Waals surface area contributed by atoms with Crippen LogP contribution in [0.3, 0.4) is 0 Å². The SMILES string of the molecule is O=C1CCc2cccc(CO)c2N1. The number of rotatable bonds is 1. The van der Waals surface area contributed by atoms with E-state index >= 15 is 0 Å². The van der Waals surface area contributed by atoms with Crippen LogP contribution in [-0.4, -0.2) is 11.0 Å². The molecule has 2 N–H and O–H groups in total. The van der Waals surface area contributed by atoms with Crippen LogP contribution in [0, 0.1) is 0 Å². The molecule has 1 aromatic rings. The lowest BCUT2D eigenvalue weighted by Crippen LogP contribution is -2.20. The summed E-state index contributed by atoms with van der Waals surface area (Å²) in [6.45, 7) is -0.0244. The molecule has 3 nitrogen and oxygen atoms in total. The Hall–Kier alpha value is -1.35. The number of carbonyl (C=O) groups is 1. The summed E-state index contributed by atoms with van der Waals surface area (Å²) in [6.07, 6.45) is 1.32. The largest absolute Gasteiger partial charge is 0.392 e. The maximum absolute atomic E-state index is 11.1. The lowest BCUT2D eigenvalue weighted by atomic mass is 9.99. The molecular formula is C10H11NO2. The Balaban J connectivity index is 2.46. The predicted octanol–water partition coefficient (Wildman–Crippen LogP) is 1.06. The highest BCUT2D eigenvalue weighted by Gasteiger charge is 2.16. The van der Waals surface area contributed by atoms with E-state index in [1.54, 1.807) is 0 Å². The zero-order valence-electron chi connectivity index (χ0n) is 7.21. The van der Waals surface area contributed by atoms with Crippen molar-refractivity contribution in [3.05, 3.63) is 29.3 Å². The van der Waals surface area contributed by atoms with Gasteiger partial charge in [0.1, 0.15) is 0 Å². The summed E-state index contributed by atoms with van der Waals surface area (Å²) in [5.74, 6) is 0.0356. The Morgan fingerprint density at radius 3 is 3.00 bits per heavy atom. The van der Waals surface area contributed by atoms with E-state index in [0.717, 1.165) is 23.2 Å². The van der Waals surface area contributed by atoms with Gasteiger partial charge in [-0.15, -0.1) is 0 Å². The molecule has 3 heteroatoms. The Labute approximate surface area is 76.4 Å². The zero-order valence-corrected chi connectivity index (χ0v) is 7.21. The normalized spacial score (nSPS) is 15.0.